The summed E-state index contributed by atoms with van der Waals surface area (Å²) in [4.78, 5) is 25.6. The van der Waals surface area contributed by atoms with Crippen LogP contribution in [0.5, 0.6) is 5.75 Å². The Bertz CT molecular complexity index is 689. The molecule has 0 fully saturated rings. The highest BCUT2D eigenvalue weighted by atomic mass is 16.3. The van der Waals surface area contributed by atoms with Crippen molar-refractivity contribution in [1.82, 2.24) is 4.98 Å². The topological polar surface area (TPSA) is 82.2 Å². The second-order valence-corrected chi connectivity index (χ2v) is 4.34. The fourth-order valence-electron chi connectivity index (χ4n) is 1.71. The van der Waals surface area contributed by atoms with Gasteiger partial charge >= 0.3 is 0 Å². The lowest BCUT2D eigenvalue weighted by Crippen LogP contribution is -2.18. The summed E-state index contributed by atoms with van der Waals surface area (Å²) in [5.74, 6) is -0.213. The van der Waals surface area contributed by atoms with Crippen molar-refractivity contribution >= 4 is 11.6 Å². The molecule has 1 amide bonds. The number of pyridine rings is 1. The molecule has 1 aromatic heterocycles. The van der Waals surface area contributed by atoms with Crippen LogP contribution in [0.2, 0.25) is 0 Å². The molecular formula is C14H14N2O3. The summed E-state index contributed by atoms with van der Waals surface area (Å²) in [7, 11) is 0. The van der Waals surface area contributed by atoms with Gasteiger partial charge in [0.15, 0.2) is 0 Å². The van der Waals surface area contributed by atoms with Crippen LogP contribution in [0.3, 0.4) is 0 Å². The van der Waals surface area contributed by atoms with Gasteiger partial charge in [-0.2, -0.15) is 0 Å². The first-order valence-corrected chi connectivity index (χ1v) is 5.78. The van der Waals surface area contributed by atoms with Crippen LogP contribution in [0.25, 0.3) is 0 Å². The Hall–Kier alpha value is -2.56. The van der Waals surface area contributed by atoms with Crippen molar-refractivity contribution in [3.63, 3.8) is 0 Å². The zero-order valence-electron chi connectivity index (χ0n) is 10.7. The Kier molecular flexibility index (Phi) is 3.37. The predicted octanol–water partition coefficient (Wildman–Crippen LogP) is 1.95. The number of hydrogen-bond acceptors (Lipinski definition) is 3. The predicted molar refractivity (Wildman–Crippen MR) is 72.6 cm³/mol. The molecule has 0 aliphatic heterocycles. The van der Waals surface area contributed by atoms with Crippen LogP contribution in [0.1, 0.15) is 21.6 Å². The number of aryl methyl sites for hydroxylation is 2. The van der Waals surface area contributed by atoms with Crippen molar-refractivity contribution in [2.24, 2.45) is 0 Å². The maximum absolute atomic E-state index is 12.0. The summed E-state index contributed by atoms with van der Waals surface area (Å²) in [6.45, 7) is 3.53. The van der Waals surface area contributed by atoms with Gasteiger partial charge < -0.3 is 15.4 Å². The summed E-state index contributed by atoms with van der Waals surface area (Å²) in [6, 6.07) is 7.65. The average molecular weight is 258 g/mol. The number of aromatic hydroxyl groups is 1. The number of anilines is 1. The van der Waals surface area contributed by atoms with Crippen molar-refractivity contribution in [3.8, 4) is 5.75 Å². The molecule has 2 rings (SSSR count). The first-order valence-electron chi connectivity index (χ1n) is 5.78. The molecular weight excluding hydrogens is 244 g/mol. The second-order valence-electron chi connectivity index (χ2n) is 4.34. The van der Waals surface area contributed by atoms with E-state index in [2.05, 4.69) is 10.3 Å². The number of aromatic nitrogens is 1. The maximum Gasteiger partial charge on any atom is 0.272 e. The van der Waals surface area contributed by atoms with Gasteiger partial charge in [-0.05, 0) is 43.2 Å². The molecule has 0 spiro atoms. The standard InChI is InChI=1S/C14H14N2O3/c1-8-7-12(17)9(2)6-11(8)16-14(19)10-4-3-5-13(18)15-10/h3-7,17H,1-2H3,(H,15,18)(H,16,19). The number of rotatable bonds is 2. The third-order valence-electron chi connectivity index (χ3n) is 2.80. The van der Waals surface area contributed by atoms with Gasteiger partial charge in [-0.3, -0.25) is 9.59 Å². The number of phenolic OH excluding ortho intramolecular Hbond substituents is 1. The molecule has 0 radical (unpaired) electrons. The van der Waals surface area contributed by atoms with Gasteiger partial charge in [0.2, 0.25) is 5.56 Å². The number of carbonyl (C=O) groups is 1. The molecule has 0 saturated carbocycles. The summed E-state index contributed by atoms with van der Waals surface area (Å²) in [6.07, 6.45) is 0. The number of carbonyl (C=O) groups excluding carboxylic acids is 1. The van der Waals surface area contributed by atoms with E-state index in [-0.39, 0.29) is 17.0 Å². The zero-order chi connectivity index (χ0) is 14.0. The molecule has 0 aliphatic rings. The molecule has 2 aromatic rings. The van der Waals surface area contributed by atoms with Gasteiger partial charge in [-0.1, -0.05) is 6.07 Å². The van der Waals surface area contributed by atoms with Crippen LogP contribution in [-0.2, 0) is 0 Å². The lowest BCUT2D eigenvalue weighted by molar-refractivity contribution is 0.102. The van der Waals surface area contributed by atoms with Crippen LogP contribution >= 0.6 is 0 Å². The highest BCUT2D eigenvalue weighted by Crippen LogP contribution is 2.25. The maximum atomic E-state index is 12.0. The molecule has 1 heterocycles. The highest BCUT2D eigenvalue weighted by molar-refractivity contribution is 6.03. The van der Waals surface area contributed by atoms with Gasteiger partial charge in [0.1, 0.15) is 11.4 Å². The number of benzene rings is 1. The monoisotopic (exact) mass is 258 g/mol. The lowest BCUT2D eigenvalue weighted by Gasteiger charge is -2.10. The Morgan fingerprint density at radius 3 is 2.63 bits per heavy atom. The largest absolute Gasteiger partial charge is 0.508 e. The molecule has 0 atom stereocenters. The molecule has 1 aromatic carbocycles. The van der Waals surface area contributed by atoms with Crippen molar-refractivity contribution in [2.75, 3.05) is 5.32 Å². The third kappa shape index (κ3) is 2.82. The lowest BCUT2D eigenvalue weighted by atomic mass is 10.1. The minimum atomic E-state index is -0.397. The van der Waals surface area contributed by atoms with E-state index in [0.29, 0.717) is 11.3 Å². The number of aromatic amines is 1. The van der Waals surface area contributed by atoms with Gasteiger partial charge in [0.05, 0.1) is 0 Å². The highest BCUT2D eigenvalue weighted by Gasteiger charge is 2.10. The van der Waals surface area contributed by atoms with Crippen LogP contribution in [0.15, 0.2) is 35.1 Å². The number of nitrogens with one attached hydrogen (secondary N) is 2. The van der Waals surface area contributed by atoms with Crippen LogP contribution < -0.4 is 10.9 Å². The fraction of sp³-hybridized carbons (Fsp3) is 0.143. The van der Waals surface area contributed by atoms with Gasteiger partial charge in [-0.25, -0.2) is 0 Å². The molecule has 98 valence electrons. The van der Waals surface area contributed by atoms with E-state index >= 15 is 0 Å². The molecule has 5 heteroatoms. The summed E-state index contributed by atoms with van der Waals surface area (Å²) in [5, 5.41) is 12.3. The van der Waals surface area contributed by atoms with E-state index in [1.165, 1.54) is 18.2 Å². The van der Waals surface area contributed by atoms with Gasteiger partial charge in [-0.15, -0.1) is 0 Å². The number of H-pyrrole nitrogens is 1. The smallest absolute Gasteiger partial charge is 0.272 e. The van der Waals surface area contributed by atoms with Crippen molar-refractivity contribution in [3.05, 3.63) is 57.5 Å². The van der Waals surface area contributed by atoms with Gasteiger partial charge in [0.25, 0.3) is 5.91 Å². The summed E-state index contributed by atoms with van der Waals surface area (Å²) in [5.41, 5.74) is 1.88. The van der Waals surface area contributed by atoms with Crippen LogP contribution in [0.4, 0.5) is 5.69 Å². The van der Waals surface area contributed by atoms with Crippen LogP contribution in [0, 0.1) is 13.8 Å². The average Bonchev–Trinajstić information content (AvgIpc) is 2.36. The number of phenols is 1. The Labute approximate surface area is 109 Å². The summed E-state index contributed by atoms with van der Waals surface area (Å²) >= 11 is 0. The van der Waals surface area contributed by atoms with E-state index < -0.39 is 5.91 Å². The molecule has 19 heavy (non-hydrogen) atoms. The van der Waals surface area contributed by atoms with E-state index in [0.717, 1.165) is 5.56 Å². The molecule has 3 N–H and O–H groups in total. The zero-order valence-corrected chi connectivity index (χ0v) is 10.7. The minimum absolute atomic E-state index is 0.184. The number of hydrogen-bond donors (Lipinski definition) is 3. The van der Waals surface area contributed by atoms with Crippen molar-refractivity contribution in [2.45, 2.75) is 13.8 Å². The van der Waals surface area contributed by atoms with Crippen molar-refractivity contribution < 1.29 is 9.90 Å². The molecule has 0 saturated heterocycles. The second kappa shape index (κ2) is 4.97. The first-order chi connectivity index (χ1) is 8.97. The normalized spacial score (nSPS) is 10.2. The van der Waals surface area contributed by atoms with E-state index in [4.69, 9.17) is 0 Å². The molecule has 0 unspecified atom stereocenters. The third-order valence-corrected chi connectivity index (χ3v) is 2.80. The fourth-order valence-corrected chi connectivity index (χ4v) is 1.71. The summed E-state index contributed by atoms with van der Waals surface area (Å²) < 4.78 is 0. The SMILES string of the molecule is Cc1cc(NC(=O)c2cccc(=O)[nH]2)c(C)cc1O. The first kappa shape index (κ1) is 12.9. The van der Waals surface area contributed by atoms with E-state index in [1.54, 1.807) is 26.0 Å². The van der Waals surface area contributed by atoms with Crippen molar-refractivity contribution in [1.29, 1.82) is 0 Å². The van der Waals surface area contributed by atoms with Gasteiger partial charge in [0, 0.05) is 11.8 Å². The molecule has 5 nitrogen and oxygen atoms in total. The molecule has 0 aliphatic carbocycles. The van der Waals surface area contributed by atoms with E-state index in [1.807, 2.05) is 0 Å². The Balaban J connectivity index is 2.29. The quantitative estimate of drug-likeness (QED) is 0.720. The van der Waals surface area contributed by atoms with E-state index in [9.17, 15) is 14.7 Å². The van der Waals surface area contributed by atoms with Crippen LogP contribution in [-0.4, -0.2) is 16.0 Å². The number of amides is 1. The minimum Gasteiger partial charge on any atom is -0.508 e. The Morgan fingerprint density at radius 1 is 1.21 bits per heavy atom. The Morgan fingerprint density at radius 2 is 1.95 bits per heavy atom. The molecule has 0 bridgehead atoms.